The summed E-state index contributed by atoms with van der Waals surface area (Å²) in [6.45, 7) is 4.37. The van der Waals surface area contributed by atoms with Gasteiger partial charge in [0, 0.05) is 6.21 Å². The summed E-state index contributed by atoms with van der Waals surface area (Å²) in [6, 6.07) is 34.5. The molecule has 0 aromatic heterocycles. The molecule has 0 saturated heterocycles. The van der Waals surface area contributed by atoms with Crippen molar-refractivity contribution in [2.75, 3.05) is 0 Å². The lowest BCUT2D eigenvalue weighted by atomic mass is 10.00. The third-order valence-electron chi connectivity index (χ3n) is 7.42. The summed E-state index contributed by atoms with van der Waals surface area (Å²) in [5.41, 5.74) is 6.42. The molecule has 0 aliphatic heterocycles. The topological polar surface area (TPSA) is 38.7 Å². The fourth-order valence-electron chi connectivity index (χ4n) is 4.96. The fraction of sp³-hybridized carbons (Fsp3) is 0.316. The molecule has 0 amide bonds. The number of aryl methyl sites for hydroxylation is 1. The molecule has 0 fully saturated rings. The molecule has 4 aromatic carbocycles. The minimum absolute atomic E-state index is 0.186. The molecule has 0 radical (unpaired) electrons. The Balaban J connectivity index is 1.23. The normalized spacial score (nSPS) is 12.0. The maximum Gasteiger partial charge on any atom is 0.343 e. The van der Waals surface area contributed by atoms with E-state index >= 15 is 0 Å². The second kappa shape index (κ2) is 16.3. The van der Waals surface area contributed by atoms with Crippen molar-refractivity contribution in [1.29, 1.82) is 0 Å². The number of rotatable bonds is 15. The first-order valence-electron chi connectivity index (χ1n) is 15.2. The van der Waals surface area contributed by atoms with Crippen molar-refractivity contribution in [1.82, 2.24) is 0 Å². The summed E-state index contributed by atoms with van der Waals surface area (Å²) in [7, 11) is 0. The van der Waals surface area contributed by atoms with E-state index in [9.17, 15) is 4.79 Å². The Bertz CT molecular complexity index is 1340. The number of carbonyl (C=O) groups is 1. The molecule has 0 N–H and O–H groups in total. The zero-order valence-electron chi connectivity index (χ0n) is 24.6. The molecule has 1 unspecified atom stereocenters. The van der Waals surface area contributed by atoms with E-state index in [1.165, 1.54) is 56.1 Å². The van der Waals surface area contributed by atoms with Gasteiger partial charge in [0.2, 0.25) is 0 Å². The maximum absolute atomic E-state index is 12.7. The zero-order chi connectivity index (χ0) is 28.7. The van der Waals surface area contributed by atoms with Crippen molar-refractivity contribution in [2.45, 2.75) is 77.7 Å². The molecule has 41 heavy (non-hydrogen) atoms. The average Bonchev–Trinajstić information content (AvgIpc) is 3.01. The van der Waals surface area contributed by atoms with Crippen LogP contribution in [0.3, 0.4) is 0 Å². The maximum atomic E-state index is 12.7. The highest BCUT2D eigenvalue weighted by Gasteiger charge is 2.09. The summed E-state index contributed by atoms with van der Waals surface area (Å²) in [6.07, 6.45) is 13.2. The van der Waals surface area contributed by atoms with Gasteiger partial charge in [0.05, 0.1) is 11.6 Å². The SMILES string of the molecule is CCCCCCCCCc1ccc(-c2ccc(C(=O)Oc3ccc(C=NC(C)Cc4ccccc4)cc3)cc2)cc1. The van der Waals surface area contributed by atoms with Crippen LogP contribution in [0.15, 0.2) is 108 Å². The van der Waals surface area contributed by atoms with Gasteiger partial charge >= 0.3 is 5.97 Å². The zero-order valence-corrected chi connectivity index (χ0v) is 24.6. The summed E-state index contributed by atoms with van der Waals surface area (Å²) in [5, 5.41) is 0. The van der Waals surface area contributed by atoms with Crippen LogP contribution in [-0.4, -0.2) is 18.2 Å². The predicted molar refractivity (Wildman–Crippen MR) is 172 cm³/mol. The van der Waals surface area contributed by atoms with E-state index in [-0.39, 0.29) is 12.0 Å². The smallest absolute Gasteiger partial charge is 0.343 e. The molecule has 4 rings (SSSR count). The Morgan fingerprint density at radius 2 is 1.32 bits per heavy atom. The van der Waals surface area contributed by atoms with Crippen LogP contribution in [0.4, 0.5) is 0 Å². The van der Waals surface area contributed by atoms with Gasteiger partial charge in [0.15, 0.2) is 0 Å². The largest absolute Gasteiger partial charge is 0.423 e. The van der Waals surface area contributed by atoms with Crippen LogP contribution in [-0.2, 0) is 12.8 Å². The quantitative estimate of drug-likeness (QED) is 0.0645. The molecule has 0 spiro atoms. The lowest BCUT2D eigenvalue weighted by Crippen LogP contribution is -2.08. The van der Waals surface area contributed by atoms with Crippen LogP contribution < -0.4 is 4.74 Å². The number of ether oxygens (including phenoxy) is 1. The Labute approximate surface area is 246 Å². The van der Waals surface area contributed by atoms with Crippen molar-refractivity contribution in [2.24, 2.45) is 4.99 Å². The molecule has 0 heterocycles. The van der Waals surface area contributed by atoms with Crippen molar-refractivity contribution in [3.05, 3.63) is 125 Å². The van der Waals surface area contributed by atoms with Gasteiger partial charge in [-0.3, -0.25) is 4.99 Å². The van der Waals surface area contributed by atoms with E-state index in [2.05, 4.69) is 67.4 Å². The number of hydrogen-bond acceptors (Lipinski definition) is 3. The van der Waals surface area contributed by atoms with Crippen LogP contribution in [0.5, 0.6) is 5.75 Å². The molecule has 212 valence electrons. The molecule has 3 nitrogen and oxygen atoms in total. The van der Waals surface area contributed by atoms with Crippen molar-refractivity contribution in [3.63, 3.8) is 0 Å². The molecule has 1 atom stereocenters. The van der Waals surface area contributed by atoms with Gasteiger partial charge in [-0.25, -0.2) is 4.79 Å². The van der Waals surface area contributed by atoms with E-state index in [1.807, 2.05) is 60.8 Å². The van der Waals surface area contributed by atoms with E-state index in [0.717, 1.165) is 29.5 Å². The Hall–Kier alpha value is -3.98. The van der Waals surface area contributed by atoms with Gasteiger partial charge in [-0.1, -0.05) is 112 Å². The number of nitrogens with zero attached hydrogens (tertiary/aromatic N) is 1. The Morgan fingerprint density at radius 1 is 0.707 bits per heavy atom. The third kappa shape index (κ3) is 10.2. The van der Waals surface area contributed by atoms with Gasteiger partial charge in [0.1, 0.15) is 5.75 Å². The third-order valence-corrected chi connectivity index (χ3v) is 7.42. The number of unbranched alkanes of at least 4 members (excludes halogenated alkanes) is 6. The van der Waals surface area contributed by atoms with E-state index in [0.29, 0.717) is 11.3 Å². The summed E-state index contributed by atoms with van der Waals surface area (Å²) in [4.78, 5) is 17.4. The summed E-state index contributed by atoms with van der Waals surface area (Å²) in [5.74, 6) is 0.157. The number of esters is 1. The highest BCUT2D eigenvalue weighted by atomic mass is 16.5. The van der Waals surface area contributed by atoms with Gasteiger partial charge in [0.25, 0.3) is 0 Å². The number of aliphatic imine (C=N–C) groups is 1. The molecule has 0 aliphatic carbocycles. The molecule has 0 bridgehead atoms. The second-order valence-electron chi connectivity index (χ2n) is 10.9. The summed E-state index contributed by atoms with van der Waals surface area (Å²) < 4.78 is 5.61. The lowest BCUT2D eigenvalue weighted by molar-refractivity contribution is 0.0735. The summed E-state index contributed by atoms with van der Waals surface area (Å²) >= 11 is 0. The number of benzene rings is 4. The highest BCUT2D eigenvalue weighted by Crippen LogP contribution is 2.22. The van der Waals surface area contributed by atoms with Crippen molar-refractivity contribution < 1.29 is 9.53 Å². The molecular formula is C38H43NO2. The van der Waals surface area contributed by atoms with Gasteiger partial charge < -0.3 is 4.74 Å². The predicted octanol–water partition coefficient (Wildman–Crippen LogP) is 9.92. The fourth-order valence-corrected chi connectivity index (χ4v) is 4.96. The Morgan fingerprint density at radius 3 is 1.98 bits per heavy atom. The van der Waals surface area contributed by atoms with Crippen LogP contribution in [0.1, 0.15) is 85.8 Å². The van der Waals surface area contributed by atoms with Crippen LogP contribution in [0.25, 0.3) is 11.1 Å². The second-order valence-corrected chi connectivity index (χ2v) is 10.9. The van der Waals surface area contributed by atoms with E-state index in [4.69, 9.17) is 4.74 Å². The molecule has 3 heteroatoms. The first-order chi connectivity index (χ1) is 20.1. The average molecular weight is 546 g/mol. The molecule has 0 saturated carbocycles. The Kier molecular flexibility index (Phi) is 11.9. The standard InChI is InChI=1S/C38H43NO2/c1-3-4-5-6-7-8-10-13-31-16-20-34(21-17-31)35-22-24-36(25-23-35)38(40)41-37-26-18-33(19-27-37)29-39-30(2)28-32-14-11-9-12-15-32/h9,11-12,14-27,29-30H,3-8,10,13,28H2,1-2H3. The number of carbonyl (C=O) groups excluding carboxylic acids is 1. The minimum atomic E-state index is -0.362. The lowest BCUT2D eigenvalue weighted by Gasteiger charge is -2.08. The molecular weight excluding hydrogens is 502 g/mol. The monoisotopic (exact) mass is 545 g/mol. The van der Waals surface area contributed by atoms with Gasteiger partial charge in [-0.15, -0.1) is 0 Å². The van der Waals surface area contributed by atoms with Crippen molar-refractivity contribution >= 4 is 12.2 Å². The first-order valence-corrected chi connectivity index (χ1v) is 15.2. The minimum Gasteiger partial charge on any atom is -0.423 e. The van der Waals surface area contributed by atoms with Crippen LogP contribution in [0.2, 0.25) is 0 Å². The molecule has 4 aromatic rings. The highest BCUT2D eigenvalue weighted by molar-refractivity contribution is 5.91. The van der Waals surface area contributed by atoms with Gasteiger partial charge in [-0.05, 0) is 90.4 Å². The van der Waals surface area contributed by atoms with Crippen molar-refractivity contribution in [3.8, 4) is 16.9 Å². The van der Waals surface area contributed by atoms with E-state index < -0.39 is 0 Å². The van der Waals surface area contributed by atoms with E-state index in [1.54, 1.807) is 0 Å². The van der Waals surface area contributed by atoms with Gasteiger partial charge in [-0.2, -0.15) is 0 Å². The first kappa shape index (κ1) is 30.0. The van der Waals surface area contributed by atoms with Crippen LogP contribution in [0, 0.1) is 0 Å². The molecule has 0 aliphatic rings. The number of hydrogen-bond donors (Lipinski definition) is 0. The van der Waals surface area contributed by atoms with Crippen LogP contribution >= 0.6 is 0 Å².